The molecule has 1 aliphatic heterocycles. The number of aromatic nitrogens is 1. The fourth-order valence-electron chi connectivity index (χ4n) is 3.72. The van der Waals surface area contributed by atoms with E-state index in [0.717, 1.165) is 39.8 Å². The molecule has 30 heavy (non-hydrogen) atoms. The van der Waals surface area contributed by atoms with E-state index in [4.69, 9.17) is 9.98 Å². The van der Waals surface area contributed by atoms with Crippen molar-refractivity contribution >= 4 is 33.5 Å². The molecule has 2 heterocycles. The lowest BCUT2D eigenvalue weighted by Gasteiger charge is -2.11. The zero-order valence-electron chi connectivity index (χ0n) is 16.9. The van der Waals surface area contributed by atoms with Crippen LogP contribution in [0.25, 0.3) is 33.3 Å². The third-order valence-electron chi connectivity index (χ3n) is 5.42. The lowest BCUT2D eigenvalue weighted by Crippen LogP contribution is -2.05. The van der Waals surface area contributed by atoms with E-state index >= 15 is 0 Å². The smallest absolute Gasteiger partial charge is 0.161 e. The van der Waals surface area contributed by atoms with Crippen LogP contribution in [0.15, 0.2) is 89.9 Å². The molecule has 0 amide bonds. The lowest BCUT2D eigenvalue weighted by molar-refractivity contribution is 0.738. The van der Waals surface area contributed by atoms with Crippen LogP contribution in [0.5, 0.6) is 0 Å². The van der Waals surface area contributed by atoms with E-state index in [1.165, 1.54) is 16.5 Å². The summed E-state index contributed by atoms with van der Waals surface area (Å²) in [4.78, 5) is 9.66. The number of fused-ring (bicyclic) bond motifs is 1. The van der Waals surface area contributed by atoms with Crippen molar-refractivity contribution in [3.63, 3.8) is 0 Å². The number of benzene rings is 3. The molecule has 0 fully saturated rings. The second kappa shape index (κ2) is 8.33. The van der Waals surface area contributed by atoms with Crippen molar-refractivity contribution in [1.82, 2.24) is 4.98 Å². The summed E-state index contributed by atoms with van der Waals surface area (Å²) in [6.07, 6.45) is 1.09. The Morgan fingerprint density at radius 2 is 1.67 bits per heavy atom. The maximum atomic E-state index is 4.94. The predicted octanol–water partition coefficient (Wildman–Crippen LogP) is 6.86. The van der Waals surface area contributed by atoms with E-state index in [2.05, 4.69) is 91.1 Å². The minimum absolute atomic E-state index is 0.440. The number of aliphatic imine (C=N–C) groups is 1. The van der Waals surface area contributed by atoms with Crippen molar-refractivity contribution in [3.8, 4) is 22.4 Å². The molecule has 0 radical (unpaired) electrons. The van der Waals surface area contributed by atoms with Crippen molar-refractivity contribution in [3.05, 3.63) is 84.9 Å². The van der Waals surface area contributed by atoms with Gasteiger partial charge in [0.2, 0.25) is 0 Å². The highest BCUT2D eigenvalue weighted by Gasteiger charge is 2.16. The molecule has 1 aromatic heterocycles. The van der Waals surface area contributed by atoms with Crippen LogP contribution in [-0.4, -0.2) is 21.9 Å². The summed E-state index contributed by atoms with van der Waals surface area (Å²) in [6, 6.07) is 30.0. The number of thioether (sulfide) groups is 1. The highest BCUT2D eigenvalue weighted by atomic mass is 32.2. The molecule has 0 bridgehead atoms. The Morgan fingerprint density at radius 1 is 0.900 bits per heavy atom. The van der Waals surface area contributed by atoms with Crippen molar-refractivity contribution in [2.75, 3.05) is 11.1 Å². The summed E-state index contributed by atoms with van der Waals surface area (Å²) in [7, 11) is 0. The van der Waals surface area contributed by atoms with Gasteiger partial charge in [-0.1, -0.05) is 79.3 Å². The molecule has 0 aliphatic carbocycles. The van der Waals surface area contributed by atoms with Gasteiger partial charge >= 0.3 is 0 Å². The largest absolute Gasteiger partial charge is 0.335 e. The highest BCUT2D eigenvalue weighted by molar-refractivity contribution is 8.14. The zero-order chi connectivity index (χ0) is 20.3. The van der Waals surface area contributed by atoms with Crippen LogP contribution in [0.1, 0.15) is 13.3 Å². The fraction of sp³-hybridized carbons (Fsp3) is 0.154. The SMILES string of the molecule is CC[C@@H]1CSC(Nc2ccc(-c3cc(-c4ccccc4)c4ccccc4n3)cc2)=N1. The number of rotatable bonds is 4. The van der Waals surface area contributed by atoms with Gasteiger partial charge in [0, 0.05) is 22.4 Å². The van der Waals surface area contributed by atoms with Gasteiger partial charge in [-0.25, -0.2) is 4.98 Å². The van der Waals surface area contributed by atoms with Crippen LogP contribution >= 0.6 is 11.8 Å². The van der Waals surface area contributed by atoms with Gasteiger partial charge in [-0.15, -0.1) is 0 Å². The van der Waals surface area contributed by atoms with Gasteiger partial charge in [0.25, 0.3) is 0 Å². The van der Waals surface area contributed by atoms with Crippen molar-refractivity contribution in [1.29, 1.82) is 0 Å². The Morgan fingerprint density at radius 3 is 2.43 bits per heavy atom. The van der Waals surface area contributed by atoms with E-state index in [1.807, 2.05) is 6.07 Å². The van der Waals surface area contributed by atoms with E-state index in [0.29, 0.717) is 6.04 Å². The minimum atomic E-state index is 0.440. The molecule has 4 aromatic rings. The van der Waals surface area contributed by atoms with Crippen LogP contribution in [-0.2, 0) is 0 Å². The number of anilines is 1. The molecule has 3 aromatic carbocycles. The highest BCUT2D eigenvalue weighted by Crippen LogP contribution is 2.32. The molecule has 1 aliphatic rings. The monoisotopic (exact) mass is 409 g/mol. The summed E-state index contributed by atoms with van der Waals surface area (Å²) in [5, 5.41) is 5.64. The van der Waals surface area contributed by atoms with E-state index in [1.54, 1.807) is 11.8 Å². The number of para-hydroxylation sites is 1. The van der Waals surface area contributed by atoms with Gasteiger partial charge in [0.15, 0.2) is 5.17 Å². The normalized spacial score (nSPS) is 15.9. The van der Waals surface area contributed by atoms with Gasteiger partial charge in [0.1, 0.15) is 0 Å². The first-order chi connectivity index (χ1) is 14.8. The van der Waals surface area contributed by atoms with Crippen LogP contribution in [0.2, 0.25) is 0 Å². The summed E-state index contributed by atoms with van der Waals surface area (Å²) in [5.41, 5.74) is 6.58. The Balaban J connectivity index is 1.49. The number of amidine groups is 1. The molecule has 0 saturated heterocycles. The lowest BCUT2D eigenvalue weighted by atomic mass is 9.98. The van der Waals surface area contributed by atoms with Crippen LogP contribution in [0.3, 0.4) is 0 Å². The average molecular weight is 410 g/mol. The second-order valence-corrected chi connectivity index (χ2v) is 8.46. The van der Waals surface area contributed by atoms with Crippen molar-refractivity contribution in [2.24, 2.45) is 4.99 Å². The standard InChI is InChI=1S/C26H23N3S/c1-2-20-17-30-26(27-20)28-21-14-12-19(13-15-21)25-16-23(18-8-4-3-5-9-18)22-10-6-7-11-24(22)29-25/h3-16,20H,2,17H2,1H3,(H,27,28)/t20-/m1/s1. The van der Waals surface area contributed by atoms with Crippen molar-refractivity contribution < 1.29 is 0 Å². The van der Waals surface area contributed by atoms with Crippen molar-refractivity contribution in [2.45, 2.75) is 19.4 Å². The Labute approximate surface area is 181 Å². The quantitative estimate of drug-likeness (QED) is 0.400. The van der Waals surface area contributed by atoms with Crippen LogP contribution < -0.4 is 5.32 Å². The van der Waals surface area contributed by atoms with Gasteiger partial charge < -0.3 is 5.32 Å². The van der Waals surface area contributed by atoms with E-state index in [-0.39, 0.29) is 0 Å². The molecular formula is C26H23N3S. The zero-order valence-corrected chi connectivity index (χ0v) is 17.7. The molecule has 5 rings (SSSR count). The Bertz CT molecular complexity index is 1200. The molecule has 4 heteroatoms. The van der Waals surface area contributed by atoms with Crippen LogP contribution in [0.4, 0.5) is 5.69 Å². The molecule has 148 valence electrons. The summed E-state index contributed by atoms with van der Waals surface area (Å²) in [6.45, 7) is 2.19. The molecule has 3 nitrogen and oxygen atoms in total. The number of hydrogen-bond acceptors (Lipinski definition) is 4. The van der Waals surface area contributed by atoms with Gasteiger partial charge in [-0.05, 0) is 41.8 Å². The molecular weight excluding hydrogens is 386 g/mol. The van der Waals surface area contributed by atoms with Gasteiger partial charge in [0.05, 0.1) is 17.3 Å². The maximum absolute atomic E-state index is 4.94. The first kappa shape index (κ1) is 18.9. The first-order valence-electron chi connectivity index (χ1n) is 10.3. The van der Waals surface area contributed by atoms with Crippen LogP contribution in [0, 0.1) is 0 Å². The topological polar surface area (TPSA) is 37.3 Å². The Kier molecular flexibility index (Phi) is 5.24. The number of nitrogens with one attached hydrogen (secondary N) is 1. The molecule has 0 saturated carbocycles. The second-order valence-electron chi connectivity index (χ2n) is 7.45. The molecule has 0 unspecified atom stereocenters. The fourth-order valence-corrected chi connectivity index (χ4v) is 4.79. The van der Waals surface area contributed by atoms with E-state index < -0.39 is 0 Å². The van der Waals surface area contributed by atoms with Gasteiger partial charge in [-0.2, -0.15) is 0 Å². The third-order valence-corrected chi connectivity index (χ3v) is 6.45. The Hall–Kier alpha value is -3.11. The number of pyridine rings is 1. The minimum Gasteiger partial charge on any atom is -0.335 e. The third kappa shape index (κ3) is 3.83. The molecule has 1 atom stereocenters. The maximum Gasteiger partial charge on any atom is 0.161 e. The number of hydrogen-bond donors (Lipinski definition) is 1. The number of nitrogens with zero attached hydrogens (tertiary/aromatic N) is 2. The average Bonchev–Trinajstić information content (AvgIpc) is 3.27. The first-order valence-corrected chi connectivity index (χ1v) is 11.3. The van der Waals surface area contributed by atoms with E-state index in [9.17, 15) is 0 Å². The summed E-state index contributed by atoms with van der Waals surface area (Å²) >= 11 is 1.80. The summed E-state index contributed by atoms with van der Waals surface area (Å²) in [5.74, 6) is 1.07. The molecule has 1 N–H and O–H groups in total. The predicted molar refractivity (Wildman–Crippen MR) is 130 cm³/mol. The van der Waals surface area contributed by atoms with Gasteiger partial charge in [-0.3, -0.25) is 4.99 Å². The summed E-state index contributed by atoms with van der Waals surface area (Å²) < 4.78 is 0. The molecule has 0 spiro atoms.